The second-order valence-electron chi connectivity index (χ2n) is 6.22. The zero-order valence-corrected chi connectivity index (χ0v) is 12.5. The number of nitrogens with one attached hydrogen (secondary N) is 2. The Labute approximate surface area is 121 Å². The third-order valence-electron chi connectivity index (χ3n) is 4.85. The normalized spacial score (nSPS) is 25.8. The molecule has 0 radical (unpaired) electrons. The topological polar surface area (TPSA) is 70.6 Å². The maximum Gasteiger partial charge on any atom is 0.315 e. The van der Waals surface area contributed by atoms with Crippen LogP contribution in [0.25, 0.3) is 0 Å². The lowest BCUT2D eigenvalue weighted by atomic mass is 9.67. The third-order valence-corrected chi connectivity index (χ3v) is 4.85. The average Bonchev–Trinajstić information content (AvgIpc) is 2.92. The van der Waals surface area contributed by atoms with Crippen molar-refractivity contribution in [1.29, 1.82) is 0 Å². The summed E-state index contributed by atoms with van der Waals surface area (Å²) in [6, 6.07) is 0.00393. The number of aliphatic hydroxyl groups is 1. The maximum atomic E-state index is 12.0. The molecule has 2 amide bonds. The van der Waals surface area contributed by atoms with Crippen molar-refractivity contribution in [1.82, 2.24) is 10.6 Å². The van der Waals surface area contributed by atoms with Gasteiger partial charge in [0.15, 0.2) is 0 Å². The van der Waals surface area contributed by atoms with Gasteiger partial charge in [0.05, 0.1) is 12.1 Å². The van der Waals surface area contributed by atoms with E-state index in [0.717, 1.165) is 45.1 Å². The van der Waals surface area contributed by atoms with E-state index in [0.29, 0.717) is 6.54 Å². The Bertz CT molecular complexity index is 312. The molecule has 2 aliphatic rings. The third kappa shape index (κ3) is 3.85. The fourth-order valence-corrected chi connectivity index (χ4v) is 3.29. The summed E-state index contributed by atoms with van der Waals surface area (Å²) in [6.45, 7) is 3.76. The van der Waals surface area contributed by atoms with Gasteiger partial charge in [-0.3, -0.25) is 0 Å². The largest absolute Gasteiger partial charge is 0.396 e. The van der Waals surface area contributed by atoms with Crippen molar-refractivity contribution >= 4 is 6.03 Å². The van der Waals surface area contributed by atoms with Crippen LogP contribution in [0.4, 0.5) is 4.79 Å². The van der Waals surface area contributed by atoms with Crippen LogP contribution in [0.3, 0.4) is 0 Å². The van der Waals surface area contributed by atoms with Crippen molar-refractivity contribution < 1.29 is 14.6 Å². The molecule has 0 spiro atoms. The van der Waals surface area contributed by atoms with Gasteiger partial charge in [-0.15, -0.1) is 0 Å². The number of ether oxygens (including phenoxy) is 1. The highest BCUT2D eigenvalue weighted by Gasteiger charge is 2.36. The molecule has 3 N–H and O–H groups in total. The minimum Gasteiger partial charge on any atom is -0.396 e. The summed E-state index contributed by atoms with van der Waals surface area (Å²) < 4.78 is 5.65. The number of rotatable bonds is 7. The van der Waals surface area contributed by atoms with Crippen LogP contribution in [0.15, 0.2) is 0 Å². The number of urea groups is 1. The molecule has 5 heteroatoms. The van der Waals surface area contributed by atoms with E-state index in [9.17, 15) is 4.79 Å². The van der Waals surface area contributed by atoms with E-state index in [1.807, 2.05) is 0 Å². The lowest BCUT2D eigenvalue weighted by Gasteiger charge is -2.41. The molecule has 0 bridgehead atoms. The highest BCUT2D eigenvalue weighted by atomic mass is 16.5. The van der Waals surface area contributed by atoms with Crippen LogP contribution in [-0.2, 0) is 4.74 Å². The summed E-state index contributed by atoms with van der Waals surface area (Å²) in [5.41, 5.74) is 0.137. The molecule has 0 aromatic carbocycles. The standard InChI is InChI=1S/C15H28N2O3/c1-2-12(13-5-3-10-20-13)17-14(19)16-11-15(8-9-18)6-4-7-15/h12-13,18H,2-11H2,1H3,(H2,16,17,19). The Balaban J connectivity index is 1.73. The molecule has 5 nitrogen and oxygen atoms in total. The van der Waals surface area contributed by atoms with Crippen molar-refractivity contribution in [2.45, 2.75) is 64.0 Å². The summed E-state index contributed by atoms with van der Waals surface area (Å²) >= 11 is 0. The van der Waals surface area contributed by atoms with Crippen molar-refractivity contribution in [2.24, 2.45) is 5.41 Å². The number of amides is 2. The maximum absolute atomic E-state index is 12.0. The molecule has 1 aliphatic heterocycles. The SMILES string of the molecule is CCC(NC(=O)NCC1(CCO)CCC1)C1CCCO1. The van der Waals surface area contributed by atoms with Gasteiger partial charge in [0, 0.05) is 19.8 Å². The molecule has 2 rings (SSSR count). The molecule has 1 aliphatic carbocycles. The summed E-state index contributed by atoms with van der Waals surface area (Å²) in [6.07, 6.45) is 7.39. The van der Waals surface area contributed by atoms with Gasteiger partial charge in [-0.25, -0.2) is 4.79 Å². The van der Waals surface area contributed by atoms with Crippen LogP contribution in [-0.4, -0.2) is 43.0 Å². The molecule has 2 atom stereocenters. The van der Waals surface area contributed by atoms with Crippen molar-refractivity contribution in [3.8, 4) is 0 Å². The van der Waals surface area contributed by atoms with Gasteiger partial charge >= 0.3 is 6.03 Å². The fraction of sp³-hybridized carbons (Fsp3) is 0.933. The van der Waals surface area contributed by atoms with Gasteiger partial charge in [-0.05, 0) is 43.9 Å². The summed E-state index contributed by atoms with van der Waals surface area (Å²) in [5.74, 6) is 0. The Morgan fingerprint density at radius 2 is 2.25 bits per heavy atom. The first-order chi connectivity index (χ1) is 9.69. The van der Waals surface area contributed by atoms with Gasteiger partial charge in [0.25, 0.3) is 0 Å². The quantitative estimate of drug-likeness (QED) is 0.667. The number of hydrogen-bond donors (Lipinski definition) is 3. The summed E-state index contributed by atoms with van der Waals surface area (Å²) in [4.78, 5) is 12.0. The Kier molecular flexibility index (Phi) is 5.66. The van der Waals surface area contributed by atoms with Gasteiger partial charge in [-0.1, -0.05) is 13.3 Å². The number of aliphatic hydroxyl groups excluding tert-OH is 1. The monoisotopic (exact) mass is 284 g/mol. The van der Waals surface area contributed by atoms with Crippen LogP contribution in [0.2, 0.25) is 0 Å². The summed E-state index contributed by atoms with van der Waals surface area (Å²) in [5, 5.41) is 15.1. The summed E-state index contributed by atoms with van der Waals surface area (Å²) in [7, 11) is 0. The predicted molar refractivity (Wildman–Crippen MR) is 77.6 cm³/mol. The van der Waals surface area contributed by atoms with Crippen molar-refractivity contribution in [2.75, 3.05) is 19.8 Å². The van der Waals surface area contributed by atoms with Gasteiger partial charge in [0.2, 0.25) is 0 Å². The molecule has 1 heterocycles. The van der Waals surface area contributed by atoms with Crippen LogP contribution >= 0.6 is 0 Å². The minimum absolute atomic E-state index is 0.100. The van der Waals surface area contributed by atoms with Crippen LogP contribution < -0.4 is 10.6 Å². The molecule has 2 unspecified atom stereocenters. The van der Waals surface area contributed by atoms with E-state index in [1.54, 1.807) is 0 Å². The zero-order valence-electron chi connectivity index (χ0n) is 12.5. The number of carbonyl (C=O) groups is 1. The van der Waals surface area contributed by atoms with Crippen LogP contribution in [0.5, 0.6) is 0 Å². The van der Waals surface area contributed by atoms with Crippen LogP contribution in [0, 0.1) is 5.41 Å². The first kappa shape index (κ1) is 15.6. The Hall–Kier alpha value is -0.810. The molecule has 1 saturated heterocycles. The fourth-order valence-electron chi connectivity index (χ4n) is 3.29. The Morgan fingerprint density at radius 3 is 2.75 bits per heavy atom. The number of hydrogen-bond acceptors (Lipinski definition) is 3. The Morgan fingerprint density at radius 1 is 1.45 bits per heavy atom. The zero-order chi connectivity index (χ0) is 14.4. The van der Waals surface area contributed by atoms with Crippen molar-refractivity contribution in [3.05, 3.63) is 0 Å². The molecular formula is C15H28N2O3. The van der Waals surface area contributed by atoms with E-state index < -0.39 is 0 Å². The molecule has 2 fully saturated rings. The molecule has 20 heavy (non-hydrogen) atoms. The predicted octanol–water partition coefficient (Wildman–Crippen LogP) is 1.80. The first-order valence-electron chi connectivity index (χ1n) is 7.96. The van der Waals surface area contributed by atoms with E-state index in [4.69, 9.17) is 9.84 Å². The van der Waals surface area contributed by atoms with E-state index in [-0.39, 0.29) is 30.2 Å². The van der Waals surface area contributed by atoms with Crippen LogP contribution in [0.1, 0.15) is 51.9 Å². The highest BCUT2D eigenvalue weighted by molar-refractivity contribution is 5.74. The van der Waals surface area contributed by atoms with Gasteiger partial charge < -0.3 is 20.5 Å². The van der Waals surface area contributed by atoms with Crippen molar-refractivity contribution in [3.63, 3.8) is 0 Å². The first-order valence-corrected chi connectivity index (χ1v) is 7.96. The molecular weight excluding hydrogens is 256 g/mol. The van der Waals surface area contributed by atoms with E-state index in [2.05, 4.69) is 17.6 Å². The smallest absolute Gasteiger partial charge is 0.315 e. The van der Waals surface area contributed by atoms with Gasteiger partial charge in [0.1, 0.15) is 0 Å². The molecule has 116 valence electrons. The number of carbonyl (C=O) groups excluding carboxylic acids is 1. The highest BCUT2D eigenvalue weighted by Crippen LogP contribution is 2.43. The van der Waals surface area contributed by atoms with E-state index in [1.165, 1.54) is 6.42 Å². The molecule has 0 aromatic rings. The molecule has 1 saturated carbocycles. The minimum atomic E-state index is -0.100. The second-order valence-corrected chi connectivity index (χ2v) is 6.22. The van der Waals surface area contributed by atoms with Gasteiger partial charge in [-0.2, -0.15) is 0 Å². The second kappa shape index (κ2) is 7.27. The lowest BCUT2D eigenvalue weighted by Crippen LogP contribution is -2.51. The average molecular weight is 284 g/mol. The lowest BCUT2D eigenvalue weighted by molar-refractivity contribution is 0.0760. The molecule has 0 aromatic heterocycles. The van der Waals surface area contributed by atoms with E-state index >= 15 is 0 Å².